The molecule has 0 radical (unpaired) electrons. The fraction of sp³-hybridized carbons (Fsp3) is 0.364. The molecular weight excluding hydrogens is 242 g/mol. The fourth-order valence-electron chi connectivity index (χ4n) is 2.33. The normalized spacial score (nSPS) is 28.5. The highest BCUT2D eigenvalue weighted by atomic mass is 79.9. The fourth-order valence-corrected chi connectivity index (χ4v) is 2.71. The third kappa shape index (κ3) is 1.12. The molecular formula is C11H10BrNO. The van der Waals surface area contributed by atoms with Crippen LogP contribution in [0.5, 0.6) is 0 Å². The van der Waals surface area contributed by atoms with Gasteiger partial charge in [-0.2, -0.15) is 0 Å². The maximum Gasteiger partial charge on any atom is 0.251 e. The van der Waals surface area contributed by atoms with Gasteiger partial charge in [0.2, 0.25) is 0 Å². The van der Waals surface area contributed by atoms with Crippen LogP contribution < -0.4 is 5.32 Å². The van der Waals surface area contributed by atoms with E-state index >= 15 is 0 Å². The van der Waals surface area contributed by atoms with E-state index in [2.05, 4.69) is 27.3 Å². The number of amides is 1. The second-order valence-electron chi connectivity index (χ2n) is 4.07. The molecule has 0 unspecified atom stereocenters. The number of halogens is 1. The first-order valence-corrected chi connectivity index (χ1v) is 5.63. The predicted octanol–water partition coefficient (Wildman–Crippen LogP) is 2.44. The number of hydrogen-bond donors (Lipinski definition) is 1. The van der Waals surface area contributed by atoms with Gasteiger partial charge in [0.1, 0.15) is 0 Å². The molecule has 1 N–H and O–H groups in total. The molecule has 0 atom stereocenters. The van der Waals surface area contributed by atoms with Gasteiger partial charge in [-0.15, -0.1) is 0 Å². The number of fused-ring (bicyclic) bond motifs is 1. The zero-order valence-corrected chi connectivity index (χ0v) is 9.17. The third-order valence-electron chi connectivity index (χ3n) is 3.17. The smallest absolute Gasteiger partial charge is 0.251 e. The first-order chi connectivity index (χ1) is 6.74. The summed E-state index contributed by atoms with van der Waals surface area (Å²) in [4.78, 5) is 11.7. The number of carbonyl (C=O) groups is 1. The van der Waals surface area contributed by atoms with Crippen molar-refractivity contribution < 1.29 is 4.79 Å². The van der Waals surface area contributed by atoms with Crippen LogP contribution in [0.2, 0.25) is 0 Å². The molecule has 1 saturated carbocycles. The lowest BCUT2D eigenvalue weighted by atomic mass is 9.76. The largest absolute Gasteiger partial charge is 0.349 e. The number of rotatable bonds is 0. The van der Waals surface area contributed by atoms with Crippen LogP contribution in [0.3, 0.4) is 0 Å². The molecule has 0 spiro atoms. The molecule has 2 heterocycles. The van der Waals surface area contributed by atoms with E-state index in [1.807, 2.05) is 12.1 Å². The first kappa shape index (κ1) is 8.48. The molecule has 72 valence electrons. The number of carbonyl (C=O) groups excluding carboxylic acids is 1. The van der Waals surface area contributed by atoms with E-state index in [0.29, 0.717) is 12.0 Å². The van der Waals surface area contributed by atoms with E-state index in [1.54, 1.807) is 0 Å². The predicted molar refractivity (Wildman–Crippen MR) is 57.4 cm³/mol. The quantitative estimate of drug-likeness (QED) is 0.754. The minimum Gasteiger partial charge on any atom is -0.349 e. The van der Waals surface area contributed by atoms with Crippen LogP contribution in [-0.4, -0.2) is 11.9 Å². The van der Waals surface area contributed by atoms with Gasteiger partial charge in [-0.05, 0) is 42.5 Å². The van der Waals surface area contributed by atoms with Crippen molar-refractivity contribution in [3.05, 3.63) is 33.8 Å². The van der Waals surface area contributed by atoms with Crippen LogP contribution in [0.1, 0.15) is 34.7 Å². The van der Waals surface area contributed by atoms with Gasteiger partial charge in [-0.1, -0.05) is 15.9 Å². The summed E-state index contributed by atoms with van der Waals surface area (Å²) in [6.45, 7) is 0. The summed E-state index contributed by atoms with van der Waals surface area (Å²) >= 11 is 3.45. The minimum absolute atomic E-state index is 0.0949. The molecule has 1 aromatic rings. The zero-order chi connectivity index (χ0) is 9.71. The summed E-state index contributed by atoms with van der Waals surface area (Å²) in [5.74, 6) is 0.684. The molecule has 2 bridgehead atoms. The molecule has 1 aliphatic carbocycles. The van der Waals surface area contributed by atoms with Gasteiger partial charge in [-0.3, -0.25) is 4.79 Å². The van der Waals surface area contributed by atoms with Crippen LogP contribution in [0.4, 0.5) is 0 Å². The standard InChI is InChI=1S/C11H10BrNO/c12-7-1-2-9-10(5-7)6-3-8(4-6)13-11(9)14/h1-2,5-6,8H,3-4H2,(H,13,14). The van der Waals surface area contributed by atoms with Gasteiger partial charge < -0.3 is 5.32 Å². The Balaban J connectivity index is 2.17. The third-order valence-corrected chi connectivity index (χ3v) is 3.66. The maximum atomic E-state index is 11.7. The average molecular weight is 252 g/mol. The van der Waals surface area contributed by atoms with Crippen molar-refractivity contribution in [1.82, 2.24) is 5.32 Å². The molecule has 3 aliphatic rings. The number of nitrogens with one attached hydrogen (secondary N) is 1. The highest BCUT2D eigenvalue weighted by Gasteiger charge is 2.37. The topological polar surface area (TPSA) is 29.1 Å². The van der Waals surface area contributed by atoms with Gasteiger partial charge in [0.05, 0.1) is 0 Å². The molecule has 1 aromatic carbocycles. The van der Waals surface area contributed by atoms with Crippen LogP contribution in [0, 0.1) is 0 Å². The molecule has 2 aliphatic heterocycles. The molecule has 0 saturated heterocycles. The van der Waals surface area contributed by atoms with Crippen LogP contribution in [-0.2, 0) is 0 Å². The van der Waals surface area contributed by atoms with E-state index in [4.69, 9.17) is 0 Å². The van der Waals surface area contributed by atoms with Crippen LogP contribution in [0.15, 0.2) is 22.7 Å². The maximum absolute atomic E-state index is 11.7. The molecule has 2 nitrogen and oxygen atoms in total. The van der Waals surface area contributed by atoms with Gasteiger partial charge in [0.25, 0.3) is 5.91 Å². The number of benzene rings is 1. The van der Waals surface area contributed by atoms with Crippen LogP contribution in [0.25, 0.3) is 0 Å². The highest BCUT2D eigenvalue weighted by molar-refractivity contribution is 9.10. The zero-order valence-electron chi connectivity index (χ0n) is 7.59. The van der Waals surface area contributed by atoms with E-state index < -0.39 is 0 Å². The Bertz CT molecular complexity index is 410. The summed E-state index contributed by atoms with van der Waals surface area (Å²) in [7, 11) is 0. The van der Waals surface area contributed by atoms with Crippen molar-refractivity contribution in [1.29, 1.82) is 0 Å². The van der Waals surface area contributed by atoms with Gasteiger partial charge >= 0.3 is 0 Å². The summed E-state index contributed by atoms with van der Waals surface area (Å²) in [5.41, 5.74) is 2.07. The lowest BCUT2D eigenvalue weighted by molar-refractivity contribution is 0.0926. The van der Waals surface area contributed by atoms with Gasteiger partial charge in [0, 0.05) is 16.1 Å². The van der Waals surface area contributed by atoms with E-state index in [0.717, 1.165) is 22.9 Å². The molecule has 1 fully saturated rings. The SMILES string of the molecule is O=C1NC2CC(C2)c2cc(Br)ccc21. The van der Waals surface area contributed by atoms with E-state index in [-0.39, 0.29) is 5.91 Å². The van der Waals surface area contributed by atoms with Crippen molar-refractivity contribution in [3.8, 4) is 0 Å². The van der Waals surface area contributed by atoms with Gasteiger partial charge in [-0.25, -0.2) is 0 Å². The second kappa shape index (κ2) is 2.83. The molecule has 4 rings (SSSR count). The lowest BCUT2D eigenvalue weighted by Gasteiger charge is -2.32. The molecule has 14 heavy (non-hydrogen) atoms. The summed E-state index contributed by atoms with van der Waals surface area (Å²) in [5, 5.41) is 3.03. The van der Waals surface area contributed by atoms with Crippen LogP contribution >= 0.6 is 15.9 Å². The Kier molecular flexibility index (Phi) is 1.71. The Morgan fingerprint density at radius 2 is 2.14 bits per heavy atom. The van der Waals surface area contributed by atoms with Crippen molar-refractivity contribution in [3.63, 3.8) is 0 Å². The lowest BCUT2D eigenvalue weighted by Crippen LogP contribution is -2.39. The minimum atomic E-state index is 0.0949. The highest BCUT2D eigenvalue weighted by Crippen LogP contribution is 2.41. The Morgan fingerprint density at radius 1 is 1.36 bits per heavy atom. The number of hydrogen-bond acceptors (Lipinski definition) is 1. The summed E-state index contributed by atoms with van der Waals surface area (Å²) in [6.07, 6.45) is 2.21. The summed E-state index contributed by atoms with van der Waals surface area (Å²) in [6, 6.07) is 6.34. The first-order valence-electron chi connectivity index (χ1n) is 4.84. The Labute approximate surface area is 90.8 Å². The second-order valence-corrected chi connectivity index (χ2v) is 4.99. The van der Waals surface area contributed by atoms with Crippen molar-refractivity contribution >= 4 is 21.8 Å². The van der Waals surface area contributed by atoms with Gasteiger partial charge in [0.15, 0.2) is 0 Å². The molecule has 0 aromatic heterocycles. The Hall–Kier alpha value is -0.830. The van der Waals surface area contributed by atoms with E-state index in [1.165, 1.54) is 5.56 Å². The average Bonchev–Trinajstić information content (AvgIpc) is 2.29. The van der Waals surface area contributed by atoms with Crippen molar-refractivity contribution in [2.75, 3.05) is 0 Å². The summed E-state index contributed by atoms with van der Waals surface area (Å²) < 4.78 is 1.06. The monoisotopic (exact) mass is 251 g/mol. The molecule has 3 heteroatoms. The van der Waals surface area contributed by atoms with Crippen molar-refractivity contribution in [2.45, 2.75) is 24.8 Å². The van der Waals surface area contributed by atoms with E-state index in [9.17, 15) is 4.79 Å². The van der Waals surface area contributed by atoms with Crippen molar-refractivity contribution in [2.24, 2.45) is 0 Å². The Morgan fingerprint density at radius 3 is 2.93 bits per heavy atom. The molecule has 1 amide bonds.